The molecule has 1 atom stereocenters. The van der Waals surface area contributed by atoms with Crippen molar-refractivity contribution in [2.75, 3.05) is 11.9 Å². The van der Waals surface area contributed by atoms with Crippen molar-refractivity contribution in [2.45, 2.75) is 39.2 Å². The number of nitrogens with zero attached hydrogens (tertiary/aromatic N) is 1. The molecule has 1 unspecified atom stereocenters. The Morgan fingerprint density at radius 3 is 2.31 bits per heavy atom. The summed E-state index contributed by atoms with van der Waals surface area (Å²) in [6.07, 6.45) is 0.750. The Balaban J connectivity index is 0.000000386. The lowest BCUT2D eigenvalue weighted by molar-refractivity contribution is -0.106. The number of anilines is 1. The van der Waals surface area contributed by atoms with Gasteiger partial charge in [0.1, 0.15) is 6.29 Å². The first-order chi connectivity index (χ1) is 7.46. The largest absolute Gasteiger partial charge is 0.371 e. The molecule has 1 heterocycles. The van der Waals surface area contributed by atoms with Gasteiger partial charge in [-0.05, 0) is 25.5 Å². The van der Waals surface area contributed by atoms with E-state index in [9.17, 15) is 0 Å². The quantitative estimate of drug-likeness (QED) is 0.625. The second kappa shape index (κ2) is 4.69. The summed E-state index contributed by atoms with van der Waals surface area (Å²) in [6.45, 7) is 8.38. The van der Waals surface area contributed by atoms with Crippen LogP contribution in [0.25, 0.3) is 0 Å². The monoisotopic (exact) mass is 219 g/mol. The van der Waals surface area contributed by atoms with Crippen LogP contribution in [0.5, 0.6) is 0 Å². The van der Waals surface area contributed by atoms with Gasteiger partial charge >= 0.3 is 0 Å². The molecule has 88 valence electrons. The average Bonchev–Trinajstić information content (AvgIpc) is 2.43. The molecule has 0 bridgehead atoms. The Labute approximate surface area is 98.3 Å². The molecule has 2 rings (SSSR count). The zero-order valence-corrected chi connectivity index (χ0v) is 10.8. The SMILES string of the molecule is CC1N(C)c2ccccc2C1(C)C.CC=O. The number of hydrogen-bond donors (Lipinski definition) is 0. The second-order valence-electron chi connectivity index (χ2n) is 4.76. The molecule has 0 spiro atoms. The van der Waals surface area contributed by atoms with Gasteiger partial charge in [-0.2, -0.15) is 0 Å². The van der Waals surface area contributed by atoms with Gasteiger partial charge in [0.05, 0.1) is 0 Å². The molecular weight excluding hydrogens is 198 g/mol. The summed E-state index contributed by atoms with van der Waals surface area (Å²) in [5.74, 6) is 0. The first kappa shape index (κ1) is 12.8. The normalized spacial score (nSPS) is 20.8. The Kier molecular flexibility index (Phi) is 3.74. The van der Waals surface area contributed by atoms with Crippen LogP contribution in [0.1, 0.15) is 33.3 Å². The molecule has 2 nitrogen and oxygen atoms in total. The third-order valence-electron chi connectivity index (χ3n) is 3.60. The number of para-hydroxylation sites is 1. The van der Waals surface area contributed by atoms with Gasteiger partial charge in [0.2, 0.25) is 0 Å². The summed E-state index contributed by atoms with van der Waals surface area (Å²) in [7, 11) is 2.18. The van der Waals surface area contributed by atoms with Crippen LogP contribution in [0.4, 0.5) is 5.69 Å². The minimum Gasteiger partial charge on any atom is -0.371 e. The van der Waals surface area contributed by atoms with Gasteiger partial charge in [-0.25, -0.2) is 0 Å². The highest BCUT2D eigenvalue weighted by atomic mass is 16.1. The van der Waals surface area contributed by atoms with Crippen molar-refractivity contribution >= 4 is 12.0 Å². The van der Waals surface area contributed by atoms with E-state index in [4.69, 9.17) is 4.79 Å². The van der Waals surface area contributed by atoms with Crippen LogP contribution >= 0.6 is 0 Å². The standard InChI is InChI=1S/C12H17N.C2H4O/c1-9-12(2,3)10-7-5-6-8-11(10)13(9)4;1-2-3/h5-9H,1-4H3;2H,1H3. The molecule has 0 saturated heterocycles. The van der Waals surface area contributed by atoms with Crippen molar-refractivity contribution in [3.05, 3.63) is 29.8 Å². The maximum atomic E-state index is 8.81. The van der Waals surface area contributed by atoms with Crippen LogP contribution in [-0.4, -0.2) is 19.4 Å². The van der Waals surface area contributed by atoms with Gasteiger partial charge in [-0.3, -0.25) is 0 Å². The molecular formula is C14H21NO. The van der Waals surface area contributed by atoms with Crippen LogP contribution in [0, 0.1) is 0 Å². The molecule has 0 fully saturated rings. The van der Waals surface area contributed by atoms with Crippen LogP contribution in [-0.2, 0) is 10.2 Å². The average molecular weight is 219 g/mol. The lowest BCUT2D eigenvalue weighted by atomic mass is 9.81. The third kappa shape index (κ3) is 1.97. The van der Waals surface area contributed by atoms with Crippen LogP contribution in [0.15, 0.2) is 24.3 Å². The lowest BCUT2D eigenvalue weighted by Crippen LogP contribution is -2.36. The van der Waals surface area contributed by atoms with E-state index in [0.717, 1.165) is 6.29 Å². The molecule has 0 saturated carbocycles. The highest BCUT2D eigenvalue weighted by Gasteiger charge is 2.39. The van der Waals surface area contributed by atoms with Crippen molar-refractivity contribution in [2.24, 2.45) is 0 Å². The topological polar surface area (TPSA) is 20.3 Å². The van der Waals surface area contributed by atoms with Crippen molar-refractivity contribution in [3.63, 3.8) is 0 Å². The van der Waals surface area contributed by atoms with Crippen LogP contribution < -0.4 is 4.90 Å². The molecule has 1 aliphatic rings. The summed E-state index contributed by atoms with van der Waals surface area (Å²) in [6, 6.07) is 9.29. The molecule has 0 radical (unpaired) electrons. The summed E-state index contributed by atoms with van der Waals surface area (Å²) >= 11 is 0. The molecule has 2 heteroatoms. The summed E-state index contributed by atoms with van der Waals surface area (Å²) in [4.78, 5) is 11.2. The molecule has 0 aromatic heterocycles. The van der Waals surface area contributed by atoms with E-state index >= 15 is 0 Å². The van der Waals surface area contributed by atoms with E-state index in [1.54, 1.807) is 0 Å². The van der Waals surface area contributed by atoms with E-state index in [2.05, 4.69) is 57.0 Å². The number of carbonyl (C=O) groups is 1. The van der Waals surface area contributed by atoms with Gasteiger partial charge in [0, 0.05) is 24.2 Å². The predicted octanol–water partition coefficient (Wildman–Crippen LogP) is 3.01. The van der Waals surface area contributed by atoms with E-state index in [0.29, 0.717) is 6.04 Å². The fourth-order valence-corrected chi connectivity index (χ4v) is 2.24. The summed E-state index contributed by atoms with van der Waals surface area (Å²) in [5, 5.41) is 0. The maximum Gasteiger partial charge on any atom is 0.116 e. The van der Waals surface area contributed by atoms with E-state index in [-0.39, 0.29) is 5.41 Å². The molecule has 0 amide bonds. The number of carbonyl (C=O) groups excluding carboxylic acids is 1. The Morgan fingerprint density at radius 2 is 1.81 bits per heavy atom. The lowest BCUT2D eigenvalue weighted by Gasteiger charge is -2.28. The maximum absolute atomic E-state index is 8.81. The third-order valence-corrected chi connectivity index (χ3v) is 3.60. The number of rotatable bonds is 0. The number of likely N-dealkylation sites (N-methyl/N-ethyl adjacent to an activating group) is 1. The fraction of sp³-hybridized carbons (Fsp3) is 0.500. The predicted molar refractivity (Wildman–Crippen MR) is 69.1 cm³/mol. The minimum absolute atomic E-state index is 0.283. The first-order valence-corrected chi connectivity index (χ1v) is 5.69. The Morgan fingerprint density at radius 1 is 1.31 bits per heavy atom. The van der Waals surface area contributed by atoms with Gasteiger partial charge < -0.3 is 9.69 Å². The number of benzene rings is 1. The van der Waals surface area contributed by atoms with E-state index in [1.807, 2.05) is 0 Å². The summed E-state index contributed by atoms with van der Waals surface area (Å²) in [5.41, 5.74) is 3.15. The van der Waals surface area contributed by atoms with Crippen LogP contribution in [0.3, 0.4) is 0 Å². The van der Waals surface area contributed by atoms with Crippen molar-refractivity contribution in [3.8, 4) is 0 Å². The number of fused-ring (bicyclic) bond motifs is 1. The van der Waals surface area contributed by atoms with Gasteiger partial charge in [0.15, 0.2) is 0 Å². The molecule has 16 heavy (non-hydrogen) atoms. The number of hydrogen-bond acceptors (Lipinski definition) is 2. The van der Waals surface area contributed by atoms with Gasteiger partial charge in [0.25, 0.3) is 0 Å². The fourth-order valence-electron chi connectivity index (χ4n) is 2.24. The molecule has 1 aromatic rings. The van der Waals surface area contributed by atoms with Crippen molar-refractivity contribution in [1.82, 2.24) is 0 Å². The molecule has 1 aliphatic heterocycles. The van der Waals surface area contributed by atoms with E-state index in [1.165, 1.54) is 18.2 Å². The zero-order chi connectivity index (χ0) is 12.3. The minimum atomic E-state index is 0.283. The van der Waals surface area contributed by atoms with Gasteiger partial charge in [-0.1, -0.05) is 32.0 Å². The number of aldehydes is 1. The van der Waals surface area contributed by atoms with Crippen molar-refractivity contribution in [1.29, 1.82) is 0 Å². The molecule has 1 aromatic carbocycles. The van der Waals surface area contributed by atoms with Gasteiger partial charge in [-0.15, -0.1) is 0 Å². The summed E-state index contributed by atoms with van der Waals surface area (Å²) < 4.78 is 0. The van der Waals surface area contributed by atoms with Crippen LogP contribution in [0.2, 0.25) is 0 Å². The molecule has 0 aliphatic carbocycles. The highest BCUT2D eigenvalue weighted by Crippen LogP contribution is 2.43. The first-order valence-electron chi connectivity index (χ1n) is 5.69. The molecule has 0 N–H and O–H groups in total. The highest BCUT2D eigenvalue weighted by molar-refractivity contribution is 5.62. The Hall–Kier alpha value is -1.31. The Bertz CT molecular complexity index is 371. The zero-order valence-electron chi connectivity index (χ0n) is 10.8. The second-order valence-corrected chi connectivity index (χ2v) is 4.76. The van der Waals surface area contributed by atoms with E-state index < -0.39 is 0 Å². The van der Waals surface area contributed by atoms with Crippen molar-refractivity contribution < 1.29 is 4.79 Å². The smallest absolute Gasteiger partial charge is 0.116 e.